The molecule has 0 saturated carbocycles. The summed E-state index contributed by atoms with van der Waals surface area (Å²) >= 11 is 0. The van der Waals surface area contributed by atoms with E-state index in [-0.39, 0.29) is 16.9 Å². The topological polar surface area (TPSA) is 66.8 Å². The number of aliphatic hydroxyl groups is 1. The van der Waals surface area contributed by atoms with Gasteiger partial charge < -0.3 is 9.84 Å². The Morgan fingerprint density at radius 1 is 1.29 bits per heavy atom. The Balaban J connectivity index is 3.14. The van der Waals surface area contributed by atoms with E-state index in [9.17, 15) is 13.5 Å². The van der Waals surface area contributed by atoms with E-state index in [0.717, 1.165) is 0 Å². The van der Waals surface area contributed by atoms with Crippen LogP contribution in [0.25, 0.3) is 0 Å². The van der Waals surface area contributed by atoms with Gasteiger partial charge in [-0.15, -0.1) is 0 Å². The number of aliphatic hydroxyl groups excluding tert-OH is 1. The van der Waals surface area contributed by atoms with Crippen molar-refractivity contribution in [2.45, 2.75) is 39.2 Å². The van der Waals surface area contributed by atoms with E-state index in [0.29, 0.717) is 24.5 Å². The van der Waals surface area contributed by atoms with E-state index in [1.165, 1.54) is 16.4 Å². The molecule has 1 aromatic carbocycles. The number of nitrogens with zero attached hydrogens (tertiary/aromatic N) is 1. The lowest BCUT2D eigenvalue weighted by Gasteiger charge is -2.26. The number of hydrogen-bond acceptors (Lipinski definition) is 4. The molecule has 0 aliphatic carbocycles. The number of hydrogen-bond donors (Lipinski definition) is 1. The van der Waals surface area contributed by atoms with E-state index < -0.39 is 10.0 Å². The van der Waals surface area contributed by atoms with Crippen LogP contribution in [0.4, 0.5) is 0 Å². The van der Waals surface area contributed by atoms with Crippen LogP contribution in [0.2, 0.25) is 0 Å². The third-order valence-electron chi connectivity index (χ3n) is 2.91. The molecule has 0 aliphatic rings. The summed E-state index contributed by atoms with van der Waals surface area (Å²) in [7, 11) is -2.00. The molecule has 1 N–H and O–H groups in total. The van der Waals surface area contributed by atoms with E-state index in [1.807, 2.05) is 27.7 Å². The van der Waals surface area contributed by atoms with Crippen molar-refractivity contribution >= 4 is 10.0 Å². The van der Waals surface area contributed by atoms with Gasteiger partial charge in [0.25, 0.3) is 0 Å². The van der Waals surface area contributed by atoms with Crippen LogP contribution in [-0.4, -0.2) is 38.0 Å². The molecule has 0 fully saturated rings. The minimum absolute atomic E-state index is 0.132. The maximum absolute atomic E-state index is 12.6. The van der Waals surface area contributed by atoms with Crippen molar-refractivity contribution in [1.82, 2.24) is 4.31 Å². The fraction of sp³-hybridized carbons (Fsp3) is 0.600. The molecule has 0 atom stereocenters. The predicted molar refractivity (Wildman–Crippen MR) is 82.8 cm³/mol. The Hall–Kier alpha value is -1.11. The summed E-state index contributed by atoms with van der Waals surface area (Å²) in [4.78, 5) is 0.168. The van der Waals surface area contributed by atoms with Gasteiger partial charge in [-0.2, -0.15) is 0 Å². The summed E-state index contributed by atoms with van der Waals surface area (Å²) in [5.74, 6) is 0.512. The zero-order valence-corrected chi connectivity index (χ0v) is 14.2. The maximum atomic E-state index is 12.6. The number of sulfonamides is 1. The van der Waals surface area contributed by atoms with Crippen LogP contribution >= 0.6 is 0 Å². The van der Waals surface area contributed by atoms with E-state index in [4.69, 9.17) is 4.74 Å². The Bertz CT molecular complexity index is 576. The molecule has 0 amide bonds. The van der Waals surface area contributed by atoms with Gasteiger partial charge in [0.15, 0.2) is 0 Å². The summed E-state index contributed by atoms with van der Waals surface area (Å²) in [6.07, 6.45) is 0. The van der Waals surface area contributed by atoms with Crippen molar-refractivity contribution in [2.24, 2.45) is 5.41 Å². The van der Waals surface area contributed by atoms with Crippen molar-refractivity contribution in [2.75, 3.05) is 20.2 Å². The van der Waals surface area contributed by atoms with Crippen molar-refractivity contribution in [1.29, 1.82) is 0 Å². The van der Waals surface area contributed by atoms with Crippen molar-refractivity contribution in [3.63, 3.8) is 0 Å². The molecule has 120 valence electrons. The highest BCUT2D eigenvalue weighted by Crippen LogP contribution is 2.26. The van der Waals surface area contributed by atoms with Crippen LogP contribution in [0.5, 0.6) is 5.75 Å². The predicted octanol–water partition coefficient (Wildman–Crippen LogP) is 2.24. The van der Waals surface area contributed by atoms with Gasteiger partial charge in [-0.05, 0) is 30.5 Å². The van der Waals surface area contributed by atoms with Crippen LogP contribution in [0.15, 0.2) is 23.1 Å². The summed E-state index contributed by atoms with van der Waals surface area (Å²) in [5, 5.41) is 9.37. The van der Waals surface area contributed by atoms with Crippen LogP contribution in [-0.2, 0) is 16.6 Å². The maximum Gasteiger partial charge on any atom is 0.242 e. The van der Waals surface area contributed by atoms with Gasteiger partial charge in [-0.1, -0.05) is 20.8 Å². The average Bonchev–Trinajstić information content (AvgIpc) is 2.37. The quantitative estimate of drug-likeness (QED) is 0.874. The molecule has 5 nitrogen and oxygen atoms in total. The van der Waals surface area contributed by atoms with E-state index in [2.05, 4.69) is 0 Å². The van der Waals surface area contributed by atoms with E-state index >= 15 is 0 Å². The Morgan fingerprint density at radius 3 is 2.38 bits per heavy atom. The van der Waals surface area contributed by atoms with Crippen LogP contribution < -0.4 is 4.74 Å². The normalized spacial score (nSPS) is 12.7. The monoisotopic (exact) mass is 315 g/mol. The molecule has 0 radical (unpaired) electrons. The smallest absolute Gasteiger partial charge is 0.242 e. The molecule has 1 rings (SSSR count). The summed E-state index contributed by atoms with van der Waals surface area (Å²) in [6.45, 7) is 8.40. The van der Waals surface area contributed by atoms with Gasteiger partial charge in [0.2, 0.25) is 10.0 Å². The summed E-state index contributed by atoms with van der Waals surface area (Å²) in [6, 6.07) is 4.57. The molecule has 0 heterocycles. The number of benzene rings is 1. The highest BCUT2D eigenvalue weighted by atomic mass is 32.2. The Kier molecular flexibility index (Phi) is 5.78. The average molecular weight is 315 g/mol. The van der Waals surface area contributed by atoms with Gasteiger partial charge in [-0.25, -0.2) is 12.7 Å². The van der Waals surface area contributed by atoms with E-state index in [1.54, 1.807) is 13.1 Å². The second kappa shape index (κ2) is 6.77. The first kappa shape index (κ1) is 17.9. The molecule has 0 aliphatic heterocycles. The second-order valence-electron chi connectivity index (χ2n) is 6.18. The third kappa shape index (κ3) is 4.69. The molecule has 1 aromatic rings. The third-order valence-corrected chi connectivity index (χ3v) is 4.71. The molecule has 0 saturated heterocycles. The second-order valence-corrected chi connectivity index (χ2v) is 8.23. The first-order valence-electron chi connectivity index (χ1n) is 6.94. The lowest BCUT2D eigenvalue weighted by Crippen LogP contribution is -2.34. The molecule has 0 spiro atoms. The number of ether oxygens (including phenoxy) is 1. The zero-order chi connectivity index (χ0) is 16.3. The van der Waals surface area contributed by atoms with Crippen molar-refractivity contribution in [3.8, 4) is 5.75 Å². The first-order chi connectivity index (χ1) is 9.61. The summed E-state index contributed by atoms with van der Waals surface area (Å²) in [5.41, 5.74) is 0.342. The van der Waals surface area contributed by atoms with Gasteiger partial charge in [0, 0.05) is 19.2 Å². The molecule has 0 aromatic heterocycles. The molecular formula is C15H25NO4S. The molecular weight excluding hydrogens is 290 g/mol. The van der Waals surface area contributed by atoms with Gasteiger partial charge in [0.1, 0.15) is 5.75 Å². The van der Waals surface area contributed by atoms with Gasteiger partial charge in [-0.3, -0.25) is 0 Å². The Labute approximate surface area is 127 Å². The lowest BCUT2D eigenvalue weighted by atomic mass is 9.97. The highest BCUT2D eigenvalue weighted by molar-refractivity contribution is 7.89. The minimum Gasteiger partial charge on any atom is -0.494 e. The van der Waals surface area contributed by atoms with Gasteiger partial charge >= 0.3 is 0 Å². The standard InChI is InChI=1S/C15H25NO4S/c1-6-20-14-8-7-13(9-12(14)10-17)21(18,19)16(5)11-15(2,3)4/h7-9,17H,6,10-11H2,1-5H3. The minimum atomic E-state index is -3.57. The van der Waals surface area contributed by atoms with Crippen molar-refractivity contribution < 1.29 is 18.3 Å². The molecule has 6 heteroatoms. The van der Waals surface area contributed by atoms with Crippen LogP contribution in [0.3, 0.4) is 0 Å². The molecule has 0 unspecified atom stereocenters. The zero-order valence-electron chi connectivity index (χ0n) is 13.4. The first-order valence-corrected chi connectivity index (χ1v) is 8.38. The summed E-state index contributed by atoms with van der Waals surface area (Å²) < 4.78 is 31.8. The van der Waals surface area contributed by atoms with Crippen molar-refractivity contribution in [3.05, 3.63) is 23.8 Å². The van der Waals surface area contributed by atoms with Gasteiger partial charge in [0.05, 0.1) is 18.1 Å². The largest absolute Gasteiger partial charge is 0.494 e. The SMILES string of the molecule is CCOc1ccc(S(=O)(=O)N(C)CC(C)(C)C)cc1CO. The Morgan fingerprint density at radius 2 is 1.90 bits per heavy atom. The lowest BCUT2D eigenvalue weighted by molar-refractivity contribution is 0.266. The van der Waals surface area contributed by atoms with Crippen LogP contribution in [0, 0.1) is 5.41 Å². The molecule has 0 bridgehead atoms. The number of rotatable bonds is 6. The molecule has 21 heavy (non-hydrogen) atoms. The van der Waals surface area contributed by atoms with Crippen LogP contribution in [0.1, 0.15) is 33.3 Å². The highest BCUT2D eigenvalue weighted by Gasteiger charge is 2.26. The fourth-order valence-corrected chi connectivity index (χ4v) is 3.52. The fourth-order valence-electron chi connectivity index (χ4n) is 2.07.